The number of rotatable bonds is 5. The van der Waals surface area contributed by atoms with Crippen LogP contribution in [0.1, 0.15) is 45.3 Å². The molecule has 1 unspecified atom stereocenters. The van der Waals surface area contributed by atoms with E-state index in [0.717, 1.165) is 24.2 Å². The van der Waals surface area contributed by atoms with E-state index in [1.807, 2.05) is 26.8 Å². The summed E-state index contributed by atoms with van der Waals surface area (Å²) in [5, 5.41) is 9.78. The van der Waals surface area contributed by atoms with Crippen LogP contribution in [0.25, 0.3) is 0 Å². The van der Waals surface area contributed by atoms with Gasteiger partial charge < -0.3 is 9.84 Å². The van der Waals surface area contributed by atoms with Crippen LogP contribution in [0.5, 0.6) is 5.75 Å². The Hall–Kier alpha value is -1.09. The molecule has 0 saturated heterocycles. The van der Waals surface area contributed by atoms with E-state index in [1.54, 1.807) is 12.4 Å². The van der Waals surface area contributed by atoms with Crippen LogP contribution in [-0.4, -0.2) is 16.2 Å². The van der Waals surface area contributed by atoms with Crippen molar-refractivity contribution < 1.29 is 9.84 Å². The Morgan fingerprint density at radius 3 is 2.73 bits per heavy atom. The van der Waals surface area contributed by atoms with Crippen LogP contribution in [0.3, 0.4) is 0 Å². The Morgan fingerprint density at radius 2 is 2.13 bits per heavy atom. The van der Waals surface area contributed by atoms with Gasteiger partial charge in [0, 0.05) is 11.8 Å². The number of ether oxygens (including phenoxy) is 1. The van der Waals surface area contributed by atoms with Crippen molar-refractivity contribution in [1.29, 1.82) is 0 Å². The maximum absolute atomic E-state index is 9.78. The van der Waals surface area contributed by atoms with Crippen LogP contribution in [-0.2, 0) is 0 Å². The van der Waals surface area contributed by atoms with Gasteiger partial charge in [0.1, 0.15) is 5.75 Å². The van der Waals surface area contributed by atoms with E-state index < -0.39 is 6.10 Å². The number of aromatic nitrogens is 1. The first-order valence-electron chi connectivity index (χ1n) is 5.43. The minimum Gasteiger partial charge on any atom is -0.489 e. The van der Waals surface area contributed by atoms with Crippen LogP contribution < -0.4 is 4.74 Å². The zero-order valence-electron chi connectivity index (χ0n) is 9.60. The fourth-order valence-corrected chi connectivity index (χ4v) is 1.39. The first-order chi connectivity index (χ1) is 7.13. The Balaban J connectivity index is 2.73. The number of pyridine rings is 1. The van der Waals surface area contributed by atoms with Crippen molar-refractivity contribution in [1.82, 2.24) is 4.98 Å². The van der Waals surface area contributed by atoms with E-state index in [9.17, 15) is 5.11 Å². The monoisotopic (exact) mass is 209 g/mol. The van der Waals surface area contributed by atoms with E-state index in [0.29, 0.717) is 0 Å². The van der Waals surface area contributed by atoms with E-state index >= 15 is 0 Å². The molecule has 0 fully saturated rings. The van der Waals surface area contributed by atoms with E-state index in [4.69, 9.17) is 4.74 Å². The third-order valence-corrected chi connectivity index (χ3v) is 2.05. The molecule has 0 spiro atoms. The number of hydrogen-bond acceptors (Lipinski definition) is 3. The highest BCUT2D eigenvalue weighted by molar-refractivity contribution is 5.25. The van der Waals surface area contributed by atoms with Gasteiger partial charge in [-0.05, 0) is 26.3 Å². The molecule has 0 amide bonds. The second kappa shape index (κ2) is 5.71. The summed E-state index contributed by atoms with van der Waals surface area (Å²) in [6, 6.07) is 1.85. The SMILES string of the molecule is CCCC(O)c1cncc(OC(C)C)c1. The van der Waals surface area contributed by atoms with Gasteiger partial charge in [-0.15, -0.1) is 0 Å². The van der Waals surface area contributed by atoms with E-state index in [1.165, 1.54) is 0 Å². The van der Waals surface area contributed by atoms with Crippen LogP contribution in [0.2, 0.25) is 0 Å². The quantitative estimate of drug-likeness (QED) is 0.810. The predicted octanol–water partition coefficient (Wildman–Crippen LogP) is 2.70. The zero-order valence-corrected chi connectivity index (χ0v) is 9.60. The van der Waals surface area contributed by atoms with Gasteiger partial charge >= 0.3 is 0 Å². The molecule has 1 heterocycles. The topological polar surface area (TPSA) is 42.4 Å². The van der Waals surface area contributed by atoms with Gasteiger partial charge in [0.25, 0.3) is 0 Å². The first kappa shape index (κ1) is 12.0. The van der Waals surface area contributed by atoms with Gasteiger partial charge in [-0.1, -0.05) is 13.3 Å². The molecular formula is C12H19NO2. The van der Waals surface area contributed by atoms with Crippen molar-refractivity contribution in [2.75, 3.05) is 0 Å². The molecule has 0 saturated carbocycles. The molecule has 1 aromatic heterocycles. The molecule has 0 aliphatic rings. The Labute approximate surface area is 91.1 Å². The highest BCUT2D eigenvalue weighted by Crippen LogP contribution is 2.21. The summed E-state index contributed by atoms with van der Waals surface area (Å²) in [6.07, 6.45) is 4.77. The van der Waals surface area contributed by atoms with Crippen LogP contribution in [0, 0.1) is 0 Å². The highest BCUT2D eigenvalue weighted by atomic mass is 16.5. The van der Waals surface area contributed by atoms with Gasteiger partial charge in [0.05, 0.1) is 18.4 Å². The van der Waals surface area contributed by atoms with Gasteiger partial charge in [0.15, 0.2) is 0 Å². The summed E-state index contributed by atoms with van der Waals surface area (Å²) in [5.74, 6) is 0.720. The summed E-state index contributed by atoms with van der Waals surface area (Å²) in [6.45, 7) is 5.98. The number of nitrogens with zero attached hydrogens (tertiary/aromatic N) is 1. The Morgan fingerprint density at radius 1 is 1.40 bits per heavy atom. The first-order valence-corrected chi connectivity index (χ1v) is 5.43. The second-order valence-corrected chi connectivity index (χ2v) is 3.93. The summed E-state index contributed by atoms with van der Waals surface area (Å²) < 4.78 is 5.51. The molecule has 1 N–H and O–H groups in total. The highest BCUT2D eigenvalue weighted by Gasteiger charge is 2.08. The molecule has 0 bridgehead atoms. The normalized spacial score (nSPS) is 12.9. The largest absolute Gasteiger partial charge is 0.489 e. The molecule has 3 heteroatoms. The molecule has 0 aliphatic carbocycles. The lowest BCUT2D eigenvalue weighted by atomic mass is 10.1. The van der Waals surface area contributed by atoms with Crippen LogP contribution >= 0.6 is 0 Å². The lowest BCUT2D eigenvalue weighted by Gasteiger charge is -2.13. The average molecular weight is 209 g/mol. The number of aliphatic hydroxyl groups excluding tert-OH is 1. The Bertz CT molecular complexity index is 299. The molecule has 1 atom stereocenters. The second-order valence-electron chi connectivity index (χ2n) is 3.93. The summed E-state index contributed by atoms with van der Waals surface area (Å²) in [5.41, 5.74) is 0.829. The van der Waals surface area contributed by atoms with Crippen LogP contribution in [0.15, 0.2) is 18.5 Å². The summed E-state index contributed by atoms with van der Waals surface area (Å²) in [4.78, 5) is 4.06. The van der Waals surface area contributed by atoms with Gasteiger partial charge in [-0.2, -0.15) is 0 Å². The summed E-state index contributed by atoms with van der Waals surface area (Å²) in [7, 11) is 0. The standard InChI is InChI=1S/C12H19NO2/c1-4-5-12(14)10-6-11(8-13-7-10)15-9(2)3/h6-9,12,14H,4-5H2,1-3H3. The fraction of sp³-hybridized carbons (Fsp3) is 0.583. The van der Waals surface area contributed by atoms with Crippen molar-refractivity contribution >= 4 is 0 Å². The zero-order chi connectivity index (χ0) is 11.3. The molecule has 1 rings (SSSR count). The predicted molar refractivity (Wildman–Crippen MR) is 59.9 cm³/mol. The number of aliphatic hydroxyl groups is 1. The Kier molecular flexibility index (Phi) is 4.56. The fourth-order valence-electron chi connectivity index (χ4n) is 1.39. The van der Waals surface area contributed by atoms with Crippen molar-refractivity contribution in [3.63, 3.8) is 0 Å². The maximum Gasteiger partial charge on any atom is 0.138 e. The molecule has 0 aliphatic heterocycles. The van der Waals surface area contributed by atoms with Gasteiger partial charge in [-0.25, -0.2) is 0 Å². The van der Waals surface area contributed by atoms with Gasteiger partial charge in [0.2, 0.25) is 0 Å². The third-order valence-electron chi connectivity index (χ3n) is 2.05. The third kappa shape index (κ3) is 3.88. The van der Waals surface area contributed by atoms with E-state index in [-0.39, 0.29) is 6.10 Å². The van der Waals surface area contributed by atoms with Crippen molar-refractivity contribution in [3.05, 3.63) is 24.0 Å². The van der Waals surface area contributed by atoms with Crippen molar-refractivity contribution in [2.45, 2.75) is 45.8 Å². The molecule has 1 aromatic rings. The molecule has 0 radical (unpaired) electrons. The summed E-state index contributed by atoms with van der Waals surface area (Å²) >= 11 is 0. The van der Waals surface area contributed by atoms with Crippen molar-refractivity contribution in [3.8, 4) is 5.75 Å². The lowest BCUT2D eigenvalue weighted by molar-refractivity contribution is 0.165. The van der Waals surface area contributed by atoms with E-state index in [2.05, 4.69) is 4.98 Å². The lowest BCUT2D eigenvalue weighted by Crippen LogP contribution is -2.06. The molecular weight excluding hydrogens is 190 g/mol. The molecule has 0 aromatic carbocycles. The average Bonchev–Trinajstić information content (AvgIpc) is 2.17. The number of hydrogen-bond donors (Lipinski definition) is 1. The van der Waals surface area contributed by atoms with Crippen LogP contribution in [0.4, 0.5) is 0 Å². The minimum absolute atomic E-state index is 0.130. The van der Waals surface area contributed by atoms with Crippen molar-refractivity contribution in [2.24, 2.45) is 0 Å². The van der Waals surface area contributed by atoms with Gasteiger partial charge in [-0.3, -0.25) is 4.98 Å². The maximum atomic E-state index is 9.78. The molecule has 3 nitrogen and oxygen atoms in total. The minimum atomic E-state index is -0.432. The molecule has 84 valence electrons. The smallest absolute Gasteiger partial charge is 0.138 e. The molecule has 15 heavy (non-hydrogen) atoms.